The molecule has 0 radical (unpaired) electrons. The van der Waals surface area contributed by atoms with Crippen molar-refractivity contribution in [2.45, 2.75) is 27.7 Å². The van der Waals surface area contributed by atoms with E-state index in [1.807, 2.05) is 17.9 Å². The van der Waals surface area contributed by atoms with Gasteiger partial charge in [0.15, 0.2) is 0 Å². The van der Waals surface area contributed by atoms with Crippen LogP contribution < -0.4 is 0 Å². The molecule has 4 heteroatoms. The molecule has 3 nitrogen and oxygen atoms in total. The molecule has 1 aromatic heterocycles. The van der Waals surface area contributed by atoms with Crippen molar-refractivity contribution < 1.29 is 9.53 Å². The predicted octanol–water partition coefficient (Wildman–Crippen LogP) is 3.11. The number of hydrogen-bond acceptors (Lipinski definition) is 3. The number of ether oxygens (including phenoxy) is 1. The number of thiophene rings is 1. The summed E-state index contributed by atoms with van der Waals surface area (Å²) in [5.41, 5.74) is 1.19. The van der Waals surface area contributed by atoms with Crippen LogP contribution in [0.2, 0.25) is 0 Å². The summed E-state index contributed by atoms with van der Waals surface area (Å²) < 4.78 is 5.08. The number of rotatable bonds is 6. The molecule has 102 valence electrons. The fraction of sp³-hybridized carbons (Fsp3) is 0.643. The Morgan fingerprint density at radius 3 is 2.56 bits per heavy atom. The van der Waals surface area contributed by atoms with Gasteiger partial charge in [-0.2, -0.15) is 0 Å². The molecular formula is C14H23NO2S. The van der Waals surface area contributed by atoms with Gasteiger partial charge in [0.25, 0.3) is 5.91 Å². The fourth-order valence-corrected chi connectivity index (χ4v) is 2.75. The maximum absolute atomic E-state index is 12.4. The topological polar surface area (TPSA) is 29.5 Å². The summed E-state index contributed by atoms with van der Waals surface area (Å²) in [6, 6.07) is 1.99. The standard InChI is InChI=1S/C14H23NO2S/c1-10(2)9-15(6-7-17-5)14(16)13-8-11(3)12(4)18-13/h8,10H,6-7,9H2,1-5H3. The van der Waals surface area contributed by atoms with Crippen LogP contribution in [0.15, 0.2) is 6.07 Å². The van der Waals surface area contributed by atoms with Crippen LogP contribution in [0, 0.1) is 19.8 Å². The van der Waals surface area contributed by atoms with E-state index in [1.165, 1.54) is 10.4 Å². The summed E-state index contributed by atoms with van der Waals surface area (Å²) in [5, 5.41) is 0. The summed E-state index contributed by atoms with van der Waals surface area (Å²) in [7, 11) is 1.66. The number of methoxy groups -OCH3 is 1. The van der Waals surface area contributed by atoms with Crippen LogP contribution in [-0.4, -0.2) is 37.6 Å². The molecule has 1 heterocycles. The smallest absolute Gasteiger partial charge is 0.264 e. The average Bonchev–Trinajstić information content (AvgIpc) is 2.63. The number of carbonyl (C=O) groups excluding carboxylic acids is 1. The molecule has 0 saturated carbocycles. The molecule has 0 unspecified atom stereocenters. The summed E-state index contributed by atoms with van der Waals surface area (Å²) >= 11 is 1.58. The molecular weight excluding hydrogens is 246 g/mol. The zero-order chi connectivity index (χ0) is 13.7. The summed E-state index contributed by atoms with van der Waals surface area (Å²) in [6.45, 7) is 10.4. The maximum atomic E-state index is 12.4. The van der Waals surface area contributed by atoms with Gasteiger partial charge in [-0.05, 0) is 31.4 Å². The molecule has 1 amide bonds. The molecule has 0 spiro atoms. The Morgan fingerprint density at radius 2 is 2.11 bits per heavy atom. The highest BCUT2D eigenvalue weighted by Gasteiger charge is 2.19. The molecule has 0 aliphatic heterocycles. The lowest BCUT2D eigenvalue weighted by Crippen LogP contribution is -2.36. The third-order valence-electron chi connectivity index (χ3n) is 2.81. The van der Waals surface area contributed by atoms with Crippen LogP contribution >= 0.6 is 11.3 Å². The molecule has 0 fully saturated rings. The van der Waals surface area contributed by atoms with Crippen molar-refractivity contribution in [3.8, 4) is 0 Å². The van der Waals surface area contributed by atoms with Gasteiger partial charge >= 0.3 is 0 Å². The van der Waals surface area contributed by atoms with Crippen LogP contribution in [0.4, 0.5) is 0 Å². The first-order valence-electron chi connectivity index (χ1n) is 6.31. The highest BCUT2D eigenvalue weighted by atomic mass is 32.1. The van der Waals surface area contributed by atoms with E-state index in [4.69, 9.17) is 4.74 Å². The summed E-state index contributed by atoms with van der Waals surface area (Å²) in [6.07, 6.45) is 0. The SMILES string of the molecule is COCCN(CC(C)C)C(=O)c1cc(C)c(C)s1. The minimum Gasteiger partial charge on any atom is -0.383 e. The summed E-state index contributed by atoms with van der Waals surface area (Å²) in [5.74, 6) is 0.593. The van der Waals surface area contributed by atoms with Crippen molar-refractivity contribution in [2.75, 3.05) is 26.8 Å². The monoisotopic (exact) mass is 269 g/mol. The molecule has 0 bridgehead atoms. The van der Waals surface area contributed by atoms with Crippen LogP contribution in [0.5, 0.6) is 0 Å². The predicted molar refractivity (Wildman–Crippen MR) is 76.4 cm³/mol. The van der Waals surface area contributed by atoms with Gasteiger partial charge in [-0.15, -0.1) is 11.3 Å². The molecule has 0 aliphatic rings. The minimum absolute atomic E-state index is 0.127. The number of carbonyl (C=O) groups is 1. The van der Waals surface area contributed by atoms with E-state index in [1.54, 1.807) is 18.4 Å². The molecule has 0 aliphatic carbocycles. The van der Waals surface area contributed by atoms with E-state index in [2.05, 4.69) is 20.8 Å². The van der Waals surface area contributed by atoms with E-state index in [9.17, 15) is 4.79 Å². The van der Waals surface area contributed by atoms with Crippen LogP contribution in [-0.2, 0) is 4.74 Å². The first-order chi connectivity index (χ1) is 8.45. The number of hydrogen-bond donors (Lipinski definition) is 0. The lowest BCUT2D eigenvalue weighted by Gasteiger charge is -2.23. The molecule has 0 atom stereocenters. The number of amides is 1. The first-order valence-corrected chi connectivity index (χ1v) is 7.12. The zero-order valence-electron chi connectivity index (χ0n) is 11.9. The second-order valence-electron chi connectivity index (χ2n) is 4.99. The van der Waals surface area contributed by atoms with Gasteiger partial charge in [-0.3, -0.25) is 4.79 Å². The van der Waals surface area contributed by atoms with Gasteiger partial charge in [-0.1, -0.05) is 13.8 Å². The Hall–Kier alpha value is -0.870. The van der Waals surface area contributed by atoms with Gasteiger partial charge in [0.2, 0.25) is 0 Å². The largest absolute Gasteiger partial charge is 0.383 e. The minimum atomic E-state index is 0.127. The third-order valence-corrected chi connectivity index (χ3v) is 3.96. The van der Waals surface area contributed by atoms with Gasteiger partial charge in [0.1, 0.15) is 0 Å². The Morgan fingerprint density at radius 1 is 1.44 bits per heavy atom. The number of nitrogens with zero attached hydrogens (tertiary/aromatic N) is 1. The first kappa shape index (κ1) is 15.2. The van der Waals surface area contributed by atoms with Crippen LogP contribution in [0.1, 0.15) is 34.0 Å². The summed E-state index contributed by atoms with van der Waals surface area (Å²) in [4.78, 5) is 16.4. The molecule has 0 aromatic carbocycles. The van der Waals surface area contributed by atoms with Crippen molar-refractivity contribution >= 4 is 17.2 Å². The van der Waals surface area contributed by atoms with Crippen molar-refractivity contribution in [1.82, 2.24) is 4.90 Å². The van der Waals surface area contributed by atoms with Gasteiger partial charge in [-0.25, -0.2) is 0 Å². The van der Waals surface area contributed by atoms with E-state index < -0.39 is 0 Å². The lowest BCUT2D eigenvalue weighted by atomic mass is 10.2. The van der Waals surface area contributed by atoms with Gasteiger partial charge < -0.3 is 9.64 Å². The van der Waals surface area contributed by atoms with Crippen molar-refractivity contribution in [3.63, 3.8) is 0 Å². The number of aryl methyl sites for hydroxylation is 2. The Kier molecular flexibility index (Phi) is 5.82. The molecule has 1 aromatic rings. The van der Waals surface area contributed by atoms with Gasteiger partial charge in [0, 0.05) is 25.1 Å². The maximum Gasteiger partial charge on any atom is 0.264 e. The molecule has 18 heavy (non-hydrogen) atoms. The van der Waals surface area contributed by atoms with Crippen molar-refractivity contribution in [3.05, 3.63) is 21.4 Å². The fourth-order valence-electron chi connectivity index (χ4n) is 1.75. The quantitative estimate of drug-likeness (QED) is 0.794. The lowest BCUT2D eigenvalue weighted by molar-refractivity contribution is 0.0677. The highest BCUT2D eigenvalue weighted by Crippen LogP contribution is 2.22. The van der Waals surface area contributed by atoms with Crippen molar-refractivity contribution in [1.29, 1.82) is 0 Å². The second-order valence-corrected chi connectivity index (χ2v) is 6.24. The molecule has 0 N–H and O–H groups in total. The Labute approximate surface area is 114 Å². The normalized spacial score (nSPS) is 11.0. The Bertz CT molecular complexity index is 379. The van der Waals surface area contributed by atoms with E-state index >= 15 is 0 Å². The zero-order valence-corrected chi connectivity index (χ0v) is 12.8. The van der Waals surface area contributed by atoms with E-state index in [0.717, 1.165) is 11.4 Å². The molecule has 1 rings (SSSR count). The van der Waals surface area contributed by atoms with Crippen LogP contribution in [0.25, 0.3) is 0 Å². The second kappa shape index (κ2) is 6.90. The molecule has 0 saturated heterocycles. The van der Waals surface area contributed by atoms with E-state index in [-0.39, 0.29) is 5.91 Å². The average molecular weight is 269 g/mol. The van der Waals surface area contributed by atoms with Crippen LogP contribution in [0.3, 0.4) is 0 Å². The van der Waals surface area contributed by atoms with E-state index in [0.29, 0.717) is 19.1 Å². The van der Waals surface area contributed by atoms with Crippen molar-refractivity contribution in [2.24, 2.45) is 5.92 Å². The van der Waals surface area contributed by atoms with Gasteiger partial charge in [0.05, 0.1) is 11.5 Å². The third kappa shape index (κ3) is 4.10. The Balaban J connectivity index is 2.80. The highest BCUT2D eigenvalue weighted by molar-refractivity contribution is 7.14.